The molecule has 1 aliphatic carbocycles. The minimum Gasteiger partial charge on any atom is -0.507 e. The Morgan fingerprint density at radius 1 is 1.29 bits per heavy atom. The Labute approximate surface area is 84.2 Å². The molecule has 1 aliphatic rings. The number of phenols is 1. The fourth-order valence-corrected chi connectivity index (χ4v) is 1.68. The van der Waals surface area contributed by atoms with Gasteiger partial charge in [-0.2, -0.15) is 0 Å². The fourth-order valence-electron chi connectivity index (χ4n) is 1.68. The molecule has 0 bridgehead atoms. The zero-order valence-electron chi connectivity index (χ0n) is 8.67. The summed E-state index contributed by atoms with van der Waals surface area (Å²) < 4.78 is 0. The molecule has 0 atom stereocenters. The second-order valence-electron chi connectivity index (χ2n) is 4.42. The van der Waals surface area contributed by atoms with E-state index >= 15 is 0 Å². The molecule has 0 aromatic heterocycles. The smallest absolute Gasteiger partial charge is 0.122 e. The molecule has 0 radical (unpaired) electrons. The van der Waals surface area contributed by atoms with E-state index < -0.39 is 5.60 Å². The Kier molecular flexibility index (Phi) is 2.04. The largest absolute Gasteiger partial charge is 0.507 e. The van der Waals surface area contributed by atoms with Gasteiger partial charge in [0.25, 0.3) is 0 Å². The zero-order chi connectivity index (χ0) is 10.3. The number of phenolic OH excluding ortho intramolecular Hbond substituents is 1. The number of hydrogen-bond donors (Lipinski definition) is 2. The van der Waals surface area contributed by atoms with Gasteiger partial charge in [-0.15, -0.1) is 0 Å². The highest BCUT2D eigenvalue weighted by Crippen LogP contribution is 2.40. The van der Waals surface area contributed by atoms with Crippen LogP contribution >= 0.6 is 0 Å². The molecule has 2 nitrogen and oxygen atoms in total. The molecule has 0 unspecified atom stereocenters. The third-order valence-electron chi connectivity index (χ3n) is 3.13. The SMILES string of the molecule is Cc1ccc(CC2(O)CC2)c(O)c1C. The van der Waals surface area contributed by atoms with Crippen LogP contribution in [0.5, 0.6) is 5.75 Å². The van der Waals surface area contributed by atoms with Crippen molar-refractivity contribution in [3.8, 4) is 5.75 Å². The van der Waals surface area contributed by atoms with Crippen molar-refractivity contribution in [2.24, 2.45) is 0 Å². The summed E-state index contributed by atoms with van der Waals surface area (Å²) >= 11 is 0. The van der Waals surface area contributed by atoms with Crippen LogP contribution in [0.25, 0.3) is 0 Å². The standard InChI is InChI=1S/C12H16O2/c1-8-3-4-10(11(13)9(8)2)7-12(14)5-6-12/h3-4,13-14H,5-7H2,1-2H3. The molecule has 1 saturated carbocycles. The number of aliphatic hydroxyl groups is 1. The van der Waals surface area contributed by atoms with Crippen molar-refractivity contribution < 1.29 is 10.2 Å². The topological polar surface area (TPSA) is 40.5 Å². The van der Waals surface area contributed by atoms with Crippen molar-refractivity contribution >= 4 is 0 Å². The van der Waals surface area contributed by atoms with Crippen LogP contribution in [-0.4, -0.2) is 15.8 Å². The van der Waals surface area contributed by atoms with Crippen LogP contribution in [0.1, 0.15) is 29.5 Å². The van der Waals surface area contributed by atoms with E-state index in [0.717, 1.165) is 29.5 Å². The number of hydrogen-bond acceptors (Lipinski definition) is 2. The summed E-state index contributed by atoms with van der Waals surface area (Å²) in [6, 6.07) is 3.91. The van der Waals surface area contributed by atoms with Gasteiger partial charge in [0.1, 0.15) is 5.75 Å². The summed E-state index contributed by atoms with van der Waals surface area (Å²) in [6.07, 6.45) is 2.30. The minimum atomic E-state index is -0.529. The van der Waals surface area contributed by atoms with Gasteiger partial charge >= 0.3 is 0 Å². The lowest BCUT2D eigenvalue weighted by Gasteiger charge is -2.12. The predicted molar refractivity (Wildman–Crippen MR) is 55.5 cm³/mol. The Hall–Kier alpha value is -1.02. The van der Waals surface area contributed by atoms with Crippen LogP contribution in [0.2, 0.25) is 0 Å². The summed E-state index contributed by atoms with van der Waals surface area (Å²) in [7, 11) is 0. The monoisotopic (exact) mass is 192 g/mol. The first-order valence-electron chi connectivity index (χ1n) is 5.02. The van der Waals surface area contributed by atoms with Crippen LogP contribution in [0.4, 0.5) is 0 Å². The van der Waals surface area contributed by atoms with Crippen molar-refractivity contribution in [3.63, 3.8) is 0 Å². The summed E-state index contributed by atoms with van der Waals surface area (Å²) in [6.45, 7) is 3.88. The lowest BCUT2D eigenvalue weighted by atomic mass is 9.99. The van der Waals surface area contributed by atoms with Crippen LogP contribution in [0.15, 0.2) is 12.1 Å². The van der Waals surface area contributed by atoms with E-state index in [0.29, 0.717) is 12.2 Å². The summed E-state index contributed by atoms with van der Waals surface area (Å²) in [4.78, 5) is 0. The average molecular weight is 192 g/mol. The van der Waals surface area contributed by atoms with Crippen molar-refractivity contribution in [1.29, 1.82) is 0 Å². The average Bonchev–Trinajstić information content (AvgIpc) is 2.86. The second-order valence-corrected chi connectivity index (χ2v) is 4.42. The van der Waals surface area contributed by atoms with Crippen LogP contribution in [0, 0.1) is 13.8 Å². The molecular weight excluding hydrogens is 176 g/mol. The van der Waals surface area contributed by atoms with E-state index in [-0.39, 0.29) is 0 Å². The van der Waals surface area contributed by atoms with E-state index in [9.17, 15) is 10.2 Å². The van der Waals surface area contributed by atoms with Gasteiger partial charge in [-0.25, -0.2) is 0 Å². The first kappa shape index (κ1) is 9.53. The van der Waals surface area contributed by atoms with Crippen molar-refractivity contribution in [2.45, 2.75) is 38.7 Å². The van der Waals surface area contributed by atoms with Crippen LogP contribution in [0.3, 0.4) is 0 Å². The van der Waals surface area contributed by atoms with Gasteiger partial charge in [-0.05, 0) is 43.4 Å². The first-order valence-corrected chi connectivity index (χ1v) is 5.02. The summed E-state index contributed by atoms with van der Waals surface area (Å²) in [5.41, 5.74) is 2.35. The molecule has 14 heavy (non-hydrogen) atoms. The third kappa shape index (κ3) is 1.62. The maximum atomic E-state index is 9.86. The molecule has 2 rings (SSSR count). The maximum absolute atomic E-state index is 9.86. The van der Waals surface area contributed by atoms with E-state index in [1.165, 1.54) is 0 Å². The van der Waals surface area contributed by atoms with Gasteiger partial charge in [0.15, 0.2) is 0 Å². The summed E-state index contributed by atoms with van der Waals surface area (Å²) in [5, 5.41) is 19.6. The fraction of sp³-hybridized carbons (Fsp3) is 0.500. The van der Waals surface area contributed by atoms with E-state index in [1.807, 2.05) is 26.0 Å². The minimum absolute atomic E-state index is 0.352. The van der Waals surface area contributed by atoms with Gasteiger partial charge in [0, 0.05) is 6.42 Å². The van der Waals surface area contributed by atoms with Crippen molar-refractivity contribution in [3.05, 3.63) is 28.8 Å². The van der Waals surface area contributed by atoms with E-state index in [4.69, 9.17) is 0 Å². The molecule has 76 valence electrons. The molecule has 1 aromatic carbocycles. The number of rotatable bonds is 2. The lowest BCUT2D eigenvalue weighted by molar-refractivity contribution is 0.150. The molecule has 2 N–H and O–H groups in total. The molecule has 1 aromatic rings. The zero-order valence-corrected chi connectivity index (χ0v) is 8.67. The van der Waals surface area contributed by atoms with Crippen molar-refractivity contribution in [2.75, 3.05) is 0 Å². The number of aryl methyl sites for hydroxylation is 1. The highest BCUT2D eigenvalue weighted by atomic mass is 16.3. The third-order valence-corrected chi connectivity index (χ3v) is 3.13. The Morgan fingerprint density at radius 3 is 2.50 bits per heavy atom. The molecule has 0 heterocycles. The Morgan fingerprint density at radius 2 is 1.93 bits per heavy atom. The van der Waals surface area contributed by atoms with Crippen LogP contribution < -0.4 is 0 Å². The Bertz CT molecular complexity index is 365. The quantitative estimate of drug-likeness (QED) is 0.753. The van der Waals surface area contributed by atoms with Gasteiger partial charge in [0.2, 0.25) is 0 Å². The second kappa shape index (κ2) is 2.99. The molecule has 0 saturated heterocycles. The van der Waals surface area contributed by atoms with Gasteiger partial charge in [-0.3, -0.25) is 0 Å². The predicted octanol–water partition coefficient (Wildman–Crippen LogP) is 2.08. The van der Waals surface area contributed by atoms with Crippen molar-refractivity contribution in [1.82, 2.24) is 0 Å². The van der Waals surface area contributed by atoms with E-state index in [1.54, 1.807) is 0 Å². The molecule has 1 fully saturated rings. The highest BCUT2D eigenvalue weighted by Gasteiger charge is 2.40. The first-order chi connectivity index (χ1) is 6.52. The van der Waals surface area contributed by atoms with Crippen LogP contribution in [-0.2, 0) is 6.42 Å². The van der Waals surface area contributed by atoms with Gasteiger partial charge in [-0.1, -0.05) is 12.1 Å². The normalized spacial score (nSPS) is 18.2. The van der Waals surface area contributed by atoms with E-state index in [2.05, 4.69) is 0 Å². The summed E-state index contributed by atoms with van der Waals surface area (Å²) in [5.74, 6) is 0.352. The maximum Gasteiger partial charge on any atom is 0.122 e. The highest BCUT2D eigenvalue weighted by molar-refractivity contribution is 5.45. The lowest BCUT2D eigenvalue weighted by Crippen LogP contribution is -2.11. The molecule has 2 heteroatoms. The molecule has 0 amide bonds. The molecule has 0 spiro atoms. The van der Waals surface area contributed by atoms with Gasteiger partial charge in [0.05, 0.1) is 5.60 Å². The molecular formula is C12H16O2. The number of aromatic hydroxyl groups is 1. The Balaban J connectivity index is 2.30. The van der Waals surface area contributed by atoms with Gasteiger partial charge < -0.3 is 10.2 Å². The molecule has 0 aliphatic heterocycles. The number of benzene rings is 1.